The normalized spacial score (nSPS) is 20.9. The topological polar surface area (TPSA) is 51.5 Å². The molecule has 0 radical (unpaired) electrons. The van der Waals surface area contributed by atoms with Crippen LogP contribution >= 0.6 is 0 Å². The number of ether oxygens (including phenoxy) is 1. The van der Waals surface area contributed by atoms with Gasteiger partial charge in [0, 0.05) is 25.0 Å². The van der Waals surface area contributed by atoms with E-state index in [1.807, 2.05) is 18.3 Å². The van der Waals surface area contributed by atoms with Gasteiger partial charge >= 0.3 is 0 Å². The average Bonchev–Trinajstić information content (AvgIpc) is 2.86. The predicted molar refractivity (Wildman–Crippen MR) is 54.9 cm³/mol. The second-order valence-corrected chi connectivity index (χ2v) is 3.64. The van der Waals surface area contributed by atoms with Gasteiger partial charge in [0.05, 0.1) is 0 Å². The molecule has 0 saturated carbocycles. The predicted octanol–water partition coefficient (Wildman–Crippen LogP) is 0.470. The van der Waals surface area contributed by atoms with E-state index in [9.17, 15) is 0 Å². The Hall–Kier alpha value is -1.62. The van der Waals surface area contributed by atoms with Crippen molar-refractivity contribution in [2.45, 2.75) is 12.5 Å². The van der Waals surface area contributed by atoms with Crippen LogP contribution in [0.25, 0.3) is 5.65 Å². The van der Waals surface area contributed by atoms with Gasteiger partial charge in [-0.15, -0.1) is 5.10 Å². The number of hydrogen-bond donors (Lipinski definition) is 1. The largest absolute Gasteiger partial charge is 0.472 e. The molecule has 3 rings (SSSR count). The summed E-state index contributed by atoms with van der Waals surface area (Å²) in [4.78, 5) is 4.18. The molecule has 2 aromatic heterocycles. The molecule has 1 atom stereocenters. The van der Waals surface area contributed by atoms with Crippen molar-refractivity contribution >= 4 is 5.65 Å². The van der Waals surface area contributed by atoms with Crippen LogP contribution in [0.1, 0.15) is 6.42 Å². The molecule has 5 nitrogen and oxygen atoms in total. The molecule has 0 aliphatic carbocycles. The summed E-state index contributed by atoms with van der Waals surface area (Å²) in [6, 6.07) is 3.71. The third-order valence-electron chi connectivity index (χ3n) is 2.52. The lowest BCUT2D eigenvalue weighted by Gasteiger charge is -2.08. The number of nitrogens with zero attached hydrogens (tertiary/aromatic N) is 3. The summed E-state index contributed by atoms with van der Waals surface area (Å²) in [5, 5.41) is 7.53. The third kappa shape index (κ3) is 1.66. The van der Waals surface area contributed by atoms with Gasteiger partial charge in [-0.05, 0) is 19.0 Å². The van der Waals surface area contributed by atoms with E-state index in [0.29, 0.717) is 5.88 Å². The number of rotatable bonds is 2. The van der Waals surface area contributed by atoms with Crippen LogP contribution in [0.15, 0.2) is 24.5 Å². The fourth-order valence-corrected chi connectivity index (χ4v) is 1.77. The van der Waals surface area contributed by atoms with Crippen LogP contribution in [0, 0.1) is 0 Å². The third-order valence-corrected chi connectivity index (χ3v) is 2.52. The first kappa shape index (κ1) is 8.67. The maximum Gasteiger partial charge on any atom is 0.235 e. The zero-order valence-corrected chi connectivity index (χ0v) is 8.26. The van der Waals surface area contributed by atoms with Gasteiger partial charge in [0.25, 0.3) is 0 Å². The highest BCUT2D eigenvalue weighted by Crippen LogP contribution is 2.14. The minimum atomic E-state index is 0.245. The zero-order valence-electron chi connectivity index (χ0n) is 8.26. The zero-order chi connectivity index (χ0) is 10.1. The van der Waals surface area contributed by atoms with Crippen LogP contribution in [-0.4, -0.2) is 33.8 Å². The minimum Gasteiger partial charge on any atom is -0.472 e. The van der Waals surface area contributed by atoms with Crippen LogP contribution < -0.4 is 10.1 Å². The molecule has 2 aromatic rings. The number of aromatic nitrogens is 3. The van der Waals surface area contributed by atoms with E-state index < -0.39 is 0 Å². The highest BCUT2D eigenvalue weighted by molar-refractivity contribution is 5.40. The van der Waals surface area contributed by atoms with E-state index in [1.54, 1.807) is 10.7 Å². The number of fused-ring (bicyclic) bond motifs is 1. The molecule has 78 valence electrons. The Balaban J connectivity index is 1.84. The second kappa shape index (κ2) is 3.51. The van der Waals surface area contributed by atoms with Gasteiger partial charge < -0.3 is 10.1 Å². The molecule has 1 N–H and O–H groups in total. The SMILES string of the molecule is c1cnc2cc(OC3CCNC3)nn2c1. The maximum absolute atomic E-state index is 5.73. The molecule has 1 aliphatic heterocycles. The molecule has 1 saturated heterocycles. The van der Waals surface area contributed by atoms with E-state index >= 15 is 0 Å². The Kier molecular flexibility index (Phi) is 2.03. The first-order valence-corrected chi connectivity index (χ1v) is 5.09. The van der Waals surface area contributed by atoms with Gasteiger partial charge in [0.15, 0.2) is 5.65 Å². The van der Waals surface area contributed by atoms with Crippen molar-refractivity contribution in [3.63, 3.8) is 0 Å². The number of nitrogens with one attached hydrogen (secondary N) is 1. The van der Waals surface area contributed by atoms with Gasteiger partial charge in [0.1, 0.15) is 6.10 Å². The fraction of sp³-hybridized carbons (Fsp3) is 0.400. The van der Waals surface area contributed by atoms with Gasteiger partial charge in [-0.2, -0.15) is 0 Å². The van der Waals surface area contributed by atoms with Gasteiger partial charge in [-0.1, -0.05) is 0 Å². The van der Waals surface area contributed by atoms with E-state index in [4.69, 9.17) is 4.74 Å². The van der Waals surface area contributed by atoms with Crippen LogP contribution in [0.3, 0.4) is 0 Å². The van der Waals surface area contributed by atoms with Crippen molar-refractivity contribution < 1.29 is 4.74 Å². The van der Waals surface area contributed by atoms with Crippen molar-refractivity contribution in [2.75, 3.05) is 13.1 Å². The highest BCUT2D eigenvalue weighted by atomic mass is 16.5. The maximum atomic E-state index is 5.73. The molecule has 0 aromatic carbocycles. The molecule has 0 bridgehead atoms. The van der Waals surface area contributed by atoms with Crippen LogP contribution in [0.4, 0.5) is 0 Å². The monoisotopic (exact) mass is 204 g/mol. The van der Waals surface area contributed by atoms with Gasteiger partial charge in [-0.25, -0.2) is 9.50 Å². The molecular formula is C10H12N4O. The Labute approximate surface area is 87.1 Å². The lowest BCUT2D eigenvalue weighted by Crippen LogP contribution is -2.19. The van der Waals surface area contributed by atoms with E-state index in [-0.39, 0.29) is 6.10 Å². The quantitative estimate of drug-likeness (QED) is 0.772. The minimum absolute atomic E-state index is 0.245. The second-order valence-electron chi connectivity index (χ2n) is 3.64. The summed E-state index contributed by atoms with van der Waals surface area (Å²) in [5.74, 6) is 0.655. The lowest BCUT2D eigenvalue weighted by molar-refractivity contribution is 0.213. The molecule has 15 heavy (non-hydrogen) atoms. The standard InChI is InChI=1S/C10H12N4O/c1-3-12-9-6-10(13-14(9)5-1)15-8-2-4-11-7-8/h1,3,5-6,8,11H,2,4,7H2. The highest BCUT2D eigenvalue weighted by Gasteiger charge is 2.17. The number of hydrogen-bond acceptors (Lipinski definition) is 4. The van der Waals surface area contributed by atoms with Gasteiger partial charge in [0.2, 0.25) is 5.88 Å². The van der Waals surface area contributed by atoms with Crippen molar-refractivity contribution in [3.05, 3.63) is 24.5 Å². The van der Waals surface area contributed by atoms with Gasteiger partial charge in [-0.3, -0.25) is 0 Å². The Morgan fingerprint density at radius 2 is 2.53 bits per heavy atom. The summed E-state index contributed by atoms with van der Waals surface area (Å²) in [7, 11) is 0. The average molecular weight is 204 g/mol. The van der Waals surface area contributed by atoms with Crippen molar-refractivity contribution in [3.8, 4) is 5.88 Å². The molecule has 3 heterocycles. The van der Waals surface area contributed by atoms with E-state index in [0.717, 1.165) is 25.2 Å². The fourth-order valence-electron chi connectivity index (χ4n) is 1.77. The van der Waals surface area contributed by atoms with E-state index in [2.05, 4.69) is 15.4 Å². The van der Waals surface area contributed by atoms with Crippen LogP contribution in [0.5, 0.6) is 5.88 Å². The molecule has 0 amide bonds. The van der Waals surface area contributed by atoms with Crippen LogP contribution in [0.2, 0.25) is 0 Å². The van der Waals surface area contributed by atoms with Crippen LogP contribution in [-0.2, 0) is 0 Å². The molecule has 1 aliphatic rings. The van der Waals surface area contributed by atoms with Crippen molar-refractivity contribution in [2.24, 2.45) is 0 Å². The first-order valence-electron chi connectivity index (χ1n) is 5.09. The molecule has 1 unspecified atom stereocenters. The Bertz CT molecular complexity index is 428. The summed E-state index contributed by atoms with van der Waals surface area (Å²) < 4.78 is 7.45. The molecular weight excluding hydrogens is 192 g/mol. The summed E-state index contributed by atoms with van der Waals surface area (Å²) in [6.45, 7) is 1.93. The smallest absolute Gasteiger partial charge is 0.235 e. The lowest BCUT2D eigenvalue weighted by atomic mass is 10.3. The summed E-state index contributed by atoms with van der Waals surface area (Å²) in [6.07, 6.45) is 4.90. The molecule has 1 fully saturated rings. The summed E-state index contributed by atoms with van der Waals surface area (Å²) in [5.41, 5.74) is 0.818. The Morgan fingerprint density at radius 3 is 3.33 bits per heavy atom. The van der Waals surface area contributed by atoms with E-state index in [1.165, 1.54) is 0 Å². The van der Waals surface area contributed by atoms with Crippen molar-refractivity contribution in [1.29, 1.82) is 0 Å². The molecule has 0 spiro atoms. The summed E-state index contributed by atoms with van der Waals surface area (Å²) >= 11 is 0. The van der Waals surface area contributed by atoms with Crippen molar-refractivity contribution in [1.82, 2.24) is 19.9 Å². The Morgan fingerprint density at radius 1 is 1.53 bits per heavy atom. The molecule has 5 heteroatoms. The first-order chi connectivity index (χ1) is 7.42.